The van der Waals surface area contributed by atoms with E-state index >= 15 is 0 Å². The van der Waals surface area contributed by atoms with Gasteiger partial charge < -0.3 is 5.32 Å². The molecule has 0 aliphatic rings. The third-order valence-corrected chi connectivity index (χ3v) is 4.76. The SMILES string of the molecule is CCCNC(=O)c1ccc(Cl)c(S(=O)(=O)N(C)OC)c1. The lowest BCUT2D eigenvalue weighted by Gasteiger charge is -2.15. The molecule has 1 aromatic rings. The van der Waals surface area contributed by atoms with Crippen molar-refractivity contribution in [3.8, 4) is 0 Å². The van der Waals surface area contributed by atoms with Gasteiger partial charge in [-0.1, -0.05) is 23.0 Å². The number of amides is 1. The minimum atomic E-state index is -3.90. The normalized spacial score (nSPS) is 11.7. The number of nitrogens with one attached hydrogen (secondary N) is 1. The first-order chi connectivity index (χ1) is 9.34. The highest BCUT2D eigenvalue weighted by atomic mass is 35.5. The summed E-state index contributed by atoms with van der Waals surface area (Å²) in [6, 6.07) is 4.08. The standard InChI is InChI=1S/C12H17ClN2O4S/c1-4-7-14-12(16)9-5-6-10(13)11(8-9)20(17,18)15(2)19-3/h5-6,8H,4,7H2,1-3H3,(H,14,16). The van der Waals surface area contributed by atoms with Crippen LogP contribution in [0.5, 0.6) is 0 Å². The van der Waals surface area contributed by atoms with Crippen molar-refractivity contribution in [1.29, 1.82) is 0 Å². The number of hydrogen-bond acceptors (Lipinski definition) is 4. The molecule has 0 saturated carbocycles. The van der Waals surface area contributed by atoms with Gasteiger partial charge in [-0.25, -0.2) is 8.42 Å². The Morgan fingerprint density at radius 3 is 2.65 bits per heavy atom. The van der Waals surface area contributed by atoms with E-state index in [-0.39, 0.29) is 21.4 Å². The predicted molar refractivity (Wildman–Crippen MR) is 76.0 cm³/mol. The Bertz CT molecular complexity index is 589. The third-order valence-electron chi connectivity index (χ3n) is 2.60. The predicted octanol–water partition coefficient (Wildman–Crippen LogP) is 1.66. The van der Waals surface area contributed by atoms with Crippen LogP contribution in [0.3, 0.4) is 0 Å². The first-order valence-electron chi connectivity index (χ1n) is 5.95. The van der Waals surface area contributed by atoms with Crippen LogP contribution in [0, 0.1) is 0 Å². The number of hydroxylamine groups is 1. The first kappa shape index (κ1) is 16.9. The van der Waals surface area contributed by atoms with E-state index in [1.54, 1.807) is 0 Å². The summed E-state index contributed by atoms with van der Waals surface area (Å²) >= 11 is 5.90. The van der Waals surface area contributed by atoms with Gasteiger partial charge in [0, 0.05) is 19.2 Å². The first-order valence-corrected chi connectivity index (χ1v) is 7.77. The fraction of sp³-hybridized carbons (Fsp3) is 0.417. The van der Waals surface area contributed by atoms with E-state index in [2.05, 4.69) is 10.2 Å². The van der Waals surface area contributed by atoms with Gasteiger partial charge in [-0.2, -0.15) is 0 Å². The van der Waals surface area contributed by atoms with Gasteiger partial charge in [0.2, 0.25) is 0 Å². The fourth-order valence-corrected chi connectivity index (χ4v) is 2.89. The number of nitrogens with zero attached hydrogens (tertiary/aromatic N) is 1. The van der Waals surface area contributed by atoms with Gasteiger partial charge in [0.05, 0.1) is 12.1 Å². The van der Waals surface area contributed by atoms with E-state index in [0.29, 0.717) is 11.0 Å². The molecule has 0 saturated heterocycles. The Balaban J connectivity index is 3.19. The van der Waals surface area contributed by atoms with Crippen LogP contribution in [-0.4, -0.2) is 39.5 Å². The number of sulfonamides is 1. The van der Waals surface area contributed by atoms with Crippen LogP contribution in [0.2, 0.25) is 5.02 Å². The summed E-state index contributed by atoms with van der Waals surface area (Å²) < 4.78 is 25.0. The number of hydrogen-bond donors (Lipinski definition) is 1. The van der Waals surface area contributed by atoms with Crippen LogP contribution in [0.4, 0.5) is 0 Å². The monoisotopic (exact) mass is 320 g/mol. The second-order valence-corrected chi connectivity index (χ2v) is 6.31. The molecule has 0 fully saturated rings. The molecule has 1 aromatic carbocycles. The Labute approximate surface area is 123 Å². The van der Waals surface area contributed by atoms with Gasteiger partial charge in [0.15, 0.2) is 0 Å². The summed E-state index contributed by atoms with van der Waals surface area (Å²) in [6.45, 7) is 2.44. The lowest BCUT2D eigenvalue weighted by atomic mass is 10.2. The maximum Gasteiger partial charge on any atom is 0.266 e. The van der Waals surface area contributed by atoms with Crippen molar-refractivity contribution in [3.63, 3.8) is 0 Å². The van der Waals surface area contributed by atoms with Crippen molar-refractivity contribution in [1.82, 2.24) is 9.79 Å². The van der Waals surface area contributed by atoms with Crippen molar-refractivity contribution in [3.05, 3.63) is 28.8 Å². The van der Waals surface area contributed by atoms with E-state index in [1.165, 1.54) is 32.4 Å². The minimum Gasteiger partial charge on any atom is -0.352 e. The molecule has 0 heterocycles. The molecule has 112 valence electrons. The zero-order valence-electron chi connectivity index (χ0n) is 11.5. The molecule has 6 nitrogen and oxygen atoms in total. The Kier molecular flexibility index (Phi) is 5.94. The number of carbonyl (C=O) groups excluding carboxylic acids is 1. The summed E-state index contributed by atoms with van der Waals surface area (Å²) in [5.41, 5.74) is 0.228. The highest BCUT2D eigenvalue weighted by Crippen LogP contribution is 2.25. The molecular weight excluding hydrogens is 304 g/mol. The average Bonchev–Trinajstić information content (AvgIpc) is 2.43. The van der Waals surface area contributed by atoms with Crippen molar-refractivity contribution in [2.75, 3.05) is 20.7 Å². The summed E-state index contributed by atoms with van der Waals surface area (Å²) in [7, 11) is -1.43. The molecule has 0 aromatic heterocycles. The van der Waals surface area contributed by atoms with Gasteiger partial charge in [-0.3, -0.25) is 9.63 Å². The molecule has 0 spiro atoms. The highest BCUT2D eigenvalue weighted by molar-refractivity contribution is 7.89. The molecule has 0 atom stereocenters. The van der Waals surface area contributed by atoms with Crippen LogP contribution in [0.15, 0.2) is 23.1 Å². The molecule has 8 heteroatoms. The van der Waals surface area contributed by atoms with E-state index in [9.17, 15) is 13.2 Å². The average molecular weight is 321 g/mol. The second-order valence-electron chi connectivity index (χ2n) is 4.00. The molecule has 0 unspecified atom stereocenters. The quantitative estimate of drug-likeness (QED) is 0.809. The molecule has 0 radical (unpaired) electrons. The molecule has 1 N–H and O–H groups in total. The maximum atomic E-state index is 12.2. The summed E-state index contributed by atoms with van der Waals surface area (Å²) in [5, 5.41) is 2.70. The number of halogens is 1. The zero-order chi connectivity index (χ0) is 15.3. The summed E-state index contributed by atoms with van der Waals surface area (Å²) in [4.78, 5) is 16.3. The van der Waals surface area contributed by atoms with E-state index in [0.717, 1.165) is 6.42 Å². The van der Waals surface area contributed by atoms with Gasteiger partial charge in [-0.15, -0.1) is 0 Å². The molecule has 20 heavy (non-hydrogen) atoms. The number of carbonyl (C=O) groups is 1. The smallest absolute Gasteiger partial charge is 0.266 e. The highest BCUT2D eigenvalue weighted by Gasteiger charge is 2.25. The van der Waals surface area contributed by atoms with Crippen LogP contribution >= 0.6 is 11.6 Å². The van der Waals surface area contributed by atoms with Gasteiger partial charge in [-0.05, 0) is 24.6 Å². The lowest BCUT2D eigenvalue weighted by Crippen LogP contribution is -2.27. The van der Waals surface area contributed by atoms with Crippen molar-refractivity contribution in [2.45, 2.75) is 18.2 Å². The molecule has 0 aliphatic heterocycles. The number of rotatable bonds is 6. The zero-order valence-corrected chi connectivity index (χ0v) is 13.1. The number of benzene rings is 1. The third kappa shape index (κ3) is 3.69. The van der Waals surface area contributed by atoms with E-state index in [1.807, 2.05) is 6.92 Å². The van der Waals surface area contributed by atoms with Crippen molar-refractivity contribution >= 4 is 27.5 Å². The summed E-state index contributed by atoms with van der Waals surface area (Å²) in [6.07, 6.45) is 0.789. The molecule has 0 aliphatic carbocycles. The Morgan fingerprint density at radius 2 is 2.10 bits per heavy atom. The van der Waals surface area contributed by atoms with Crippen LogP contribution in [0.1, 0.15) is 23.7 Å². The largest absolute Gasteiger partial charge is 0.352 e. The fourth-order valence-electron chi connectivity index (χ4n) is 1.42. The van der Waals surface area contributed by atoms with E-state index in [4.69, 9.17) is 11.6 Å². The molecular formula is C12H17ClN2O4S. The van der Waals surface area contributed by atoms with Crippen molar-refractivity contribution < 1.29 is 18.0 Å². The Morgan fingerprint density at radius 1 is 1.45 bits per heavy atom. The molecule has 1 amide bonds. The molecule has 1 rings (SSSR count). The van der Waals surface area contributed by atoms with Gasteiger partial charge in [0.1, 0.15) is 4.90 Å². The van der Waals surface area contributed by atoms with Crippen LogP contribution < -0.4 is 5.32 Å². The van der Waals surface area contributed by atoms with Crippen LogP contribution in [-0.2, 0) is 14.9 Å². The summed E-state index contributed by atoms with van der Waals surface area (Å²) in [5.74, 6) is -0.347. The van der Waals surface area contributed by atoms with Gasteiger partial charge >= 0.3 is 0 Å². The Hall–Kier alpha value is -1.15. The van der Waals surface area contributed by atoms with Crippen LogP contribution in [0.25, 0.3) is 0 Å². The lowest BCUT2D eigenvalue weighted by molar-refractivity contribution is -0.0258. The van der Waals surface area contributed by atoms with E-state index < -0.39 is 10.0 Å². The second kappa shape index (κ2) is 7.03. The maximum absolute atomic E-state index is 12.2. The van der Waals surface area contributed by atoms with Crippen molar-refractivity contribution in [2.24, 2.45) is 0 Å². The minimum absolute atomic E-state index is 0.0286. The van der Waals surface area contributed by atoms with Gasteiger partial charge in [0.25, 0.3) is 15.9 Å². The topological polar surface area (TPSA) is 75.7 Å². The molecule has 0 bridgehead atoms.